The van der Waals surface area contributed by atoms with Gasteiger partial charge in [0.1, 0.15) is 0 Å². The first-order valence-corrected chi connectivity index (χ1v) is 14.4. The molecule has 0 aliphatic rings. The van der Waals surface area contributed by atoms with Gasteiger partial charge in [-0.25, -0.2) is 0 Å². The molecule has 21 heavy (non-hydrogen) atoms. The molecule has 1 radical (unpaired) electrons. The Hall–Kier alpha value is 0.0338. The van der Waals surface area contributed by atoms with Gasteiger partial charge in [0.15, 0.2) is 8.24 Å². The zero-order valence-electron chi connectivity index (χ0n) is 14.0. The van der Waals surface area contributed by atoms with Gasteiger partial charge in [-0.1, -0.05) is 59.0 Å². The van der Waals surface area contributed by atoms with E-state index in [1.54, 1.807) is 0 Å². The minimum Gasteiger partial charge on any atom is -0.397 e. The van der Waals surface area contributed by atoms with Crippen molar-refractivity contribution in [2.75, 3.05) is 10.7 Å². The number of hydrogen-bond donors (Lipinski definition) is 0. The molecule has 0 aliphatic heterocycles. The maximum Gasteiger partial charge on any atom is 0.292 e. The predicted octanol–water partition coefficient (Wildman–Crippen LogP) is 5.89. The molecule has 1 aromatic rings. The fraction of sp³-hybridized carbons (Fsp3) is 0.625. The number of hydrogen-bond acceptors (Lipinski definition) is 1. The van der Waals surface area contributed by atoms with Crippen molar-refractivity contribution in [2.45, 2.75) is 46.3 Å². The summed E-state index contributed by atoms with van der Waals surface area (Å²) in [5.74, 6) is 1.33. The smallest absolute Gasteiger partial charge is 0.292 e. The van der Waals surface area contributed by atoms with E-state index in [0.29, 0.717) is 17.4 Å². The lowest BCUT2D eigenvalue weighted by molar-refractivity contribution is 0.450. The van der Waals surface area contributed by atoms with E-state index < -0.39 is 15.7 Å². The molecule has 0 unspecified atom stereocenters. The molecule has 0 spiro atoms. The third-order valence-corrected chi connectivity index (χ3v) is 10.7. The first kappa shape index (κ1) is 19.1. The van der Waals surface area contributed by atoms with Gasteiger partial charge in [0.05, 0.1) is 0 Å². The number of benzene rings is 1. The number of nitrogens with zero attached hydrogens (tertiary/aromatic N) is 1. The van der Waals surface area contributed by atoms with Gasteiger partial charge in [-0.3, -0.25) is 0 Å². The highest BCUT2D eigenvalue weighted by molar-refractivity contribution is 7.34. The molecule has 0 N–H and O–H groups in total. The third kappa shape index (κ3) is 5.02. The van der Waals surface area contributed by atoms with Crippen LogP contribution in [0, 0.1) is 11.8 Å². The average Bonchev–Trinajstić information content (AvgIpc) is 2.35. The SMILES string of the molecule is CC(C)C(C(C)C)[Si](C)(C)N(C[Si](Cl)Cl)c1ccccc1. The Labute approximate surface area is 142 Å². The van der Waals surface area contributed by atoms with E-state index in [1.807, 2.05) is 0 Å². The minimum absolute atomic E-state index is 0.666. The molecule has 0 amide bonds. The second-order valence-electron chi connectivity index (χ2n) is 6.93. The first-order valence-electron chi connectivity index (χ1n) is 7.67. The standard InChI is InChI=1S/C16H28Cl2NSi2/c1-13(2)16(14(3)4)21(5,6)19(12-20(17)18)15-10-8-7-9-11-15/h7-11,13-14,16H,12H2,1-6H3. The first-order chi connectivity index (χ1) is 9.67. The maximum atomic E-state index is 6.24. The van der Waals surface area contributed by atoms with Crippen LogP contribution in [0.1, 0.15) is 27.7 Å². The zero-order chi connectivity index (χ0) is 16.2. The lowest BCUT2D eigenvalue weighted by Crippen LogP contribution is -2.57. The van der Waals surface area contributed by atoms with E-state index in [9.17, 15) is 0 Å². The van der Waals surface area contributed by atoms with Crippen LogP contribution in [0.4, 0.5) is 5.69 Å². The largest absolute Gasteiger partial charge is 0.397 e. The second kappa shape index (κ2) is 8.05. The molecule has 1 aromatic carbocycles. The highest BCUT2D eigenvalue weighted by Crippen LogP contribution is 2.40. The molecule has 0 saturated carbocycles. The van der Waals surface area contributed by atoms with Crippen molar-refractivity contribution in [3.63, 3.8) is 0 Å². The maximum absolute atomic E-state index is 6.24. The van der Waals surface area contributed by atoms with Crippen LogP contribution in [0.5, 0.6) is 0 Å². The fourth-order valence-electron chi connectivity index (χ4n) is 3.94. The van der Waals surface area contributed by atoms with Gasteiger partial charge in [-0.05, 0) is 29.5 Å². The van der Waals surface area contributed by atoms with E-state index >= 15 is 0 Å². The van der Waals surface area contributed by atoms with E-state index in [4.69, 9.17) is 22.2 Å². The van der Waals surface area contributed by atoms with Gasteiger partial charge >= 0.3 is 0 Å². The van der Waals surface area contributed by atoms with Crippen LogP contribution in [0.15, 0.2) is 30.3 Å². The van der Waals surface area contributed by atoms with Gasteiger partial charge in [0.2, 0.25) is 0 Å². The molecule has 0 saturated heterocycles. The molecule has 0 fully saturated rings. The Bertz CT molecular complexity index is 414. The molecule has 0 atom stereocenters. The van der Waals surface area contributed by atoms with Gasteiger partial charge in [0.25, 0.3) is 7.42 Å². The Morgan fingerprint density at radius 3 is 1.86 bits per heavy atom. The molecule has 0 aliphatic carbocycles. The molecular formula is C16H28Cl2NSi2. The zero-order valence-corrected chi connectivity index (χ0v) is 17.5. The van der Waals surface area contributed by atoms with E-state index in [1.165, 1.54) is 5.69 Å². The molecule has 1 nitrogen and oxygen atoms in total. The van der Waals surface area contributed by atoms with Gasteiger partial charge in [0, 0.05) is 11.9 Å². The number of anilines is 1. The van der Waals surface area contributed by atoms with Gasteiger partial charge in [-0.15, -0.1) is 22.2 Å². The van der Waals surface area contributed by atoms with Crippen molar-refractivity contribution < 1.29 is 0 Å². The summed E-state index contributed by atoms with van der Waals surface area (Å²) < 4.78 is 2.55. The Balaban J connectivity index is 3.22. The van der Waals surface area contributed by atoms with E-state index in [2.05, 4.69) is 75.7 Å². The minimum atomic E-state index is -1.70. The van der Waals surface area contributed by atoms with Crippen LogP contribution in [0.25, 0.3) is 0 Å². The molecular weight excluding hydrogens is 333 g/mol. The quantitative estimate of drug-likeness (QED) is 0.433. The number of para-hydroxylation sites is 1. The van der Waals surface area contributed by atoms with Crippen molar-refractivity contribution in [3.05, 3.63) is 30.3 Å². The van der Waals surface area contributed by atoms with Crippen LogP contribution in [0.2, 0.25) is 18.6 Å². The van der Waals surface area contributed by atoms with E-state index in [0.717, 1.165) is 6.17 Å². The normalized spacial score (nSPS) is 12.8. The molecule has 5 heteroatoms. The monoisotopic (exact) mass is 360 g/mol. The number of rotatable bonds is 7. The molecule has 119 valence electrons. The van der Waals surface area contributed by atoms with Gasteiger partial charge < -0.3 is 4.57 Å². The summed E-state index contributed by atoms with van der Waals surface area (Å²) in [5.41, 5.74) is 1.97. The van der Waals surface area contributed by atoms with Crippen LogP contribution < -0.4 is 4.57 Å². The fourth-order valence-corrected chi connectivity index (χ4v) is 12.2. The highest BCUT2D eigenvalue weighted by Gasteiger charge is 2.42. The van der Waals surface area contributed by atoms with Crippen molar-refractivity contribution in [3.8, 4) is 0 Å². The van der Waals surface area contributed by atoms with E-state index in [-0.39, 0.29) is 0 Å². The summed E-state index contributed by atoms with van der Waals surface area (Å²) in [6, 6.07) is 10.6. The average molecular weight is 361 g/mol. The summed E-state index contributed by atoms with van der Waals surface area (Å²) in [6.07, 6.45) is 0.799. The Morgan fingerprint density at radius 2 is 1.48 bits per heavy atom. The summed E-state index contributed by atoms with van der Waals surface area (Å²) in [4.78, 5) is 0. The highest BCUT2D eigenvalue weighted by atomic mass is 35.7. The predicted molar refractivity (Wildman–Crippen MR) is 102 cm³/mol. The lowest BCUT2D eigenvalue weighted by atomic mass is 10.00. The summed E-state index contributed by atoms with van der Waals surface area (Å²) >= 11 is 12.5. The van der Waals surface area contributed by atoms with Crippen LogP contribution in [0.3, 0.4) is 0 Å². The lowest BCUT2D eigenvalue weighted by Gasteiger charge is -2.47. The molecule has 0 heterocycles. The van der Waals surface area contributed by atoms with Crippen LogP contribution in [-0.2, 0) is 0 Å². The van der Waals surface area contributed by atoms with Crippen LogP contribution in [-0.4, -0.2) is 21.8 Å². The van der Waals surface area contributed by atoms with Crippen molar-refractivity contribution in [1.29, 1.82) is 0 Å². The van der Waals surface area contributed by atoms with Gasteiger partial charge in [-0.2, -0.15) is 0 Å². The summed E-state index contributed by atoms with van der Waals surface area (Å²) in [6.45, 7) is 14.3. The third-order valence-electron chi connectivity index (χ3n) is 4.29. The summed E-state index contributed by atoms with van der Waals surface area (Å²) in [5, 5.41) is 0. The van der Waals surface area contributed by atoms with Crippen molar-refractivity contribution in [1.82, 2.24) is 0 Å². The number of halogens is 2. The molecule has 0 aromatic heterocycles. The second-order valence-corrected chi connectivity index (χ2v) is 15.8. The van der Waals surface area contributed by atoms with Crippen LogP contribution >= 0.6 is 22.2 Å². The molecule has 1 rings (SSSR count). The van der Waals surface area contributed by atoms with Crippen molar-refractivity contribution in [2.24, 2.45) is 11.8 Å². The Morgan fingerprint density at radius 1 is 1.00 bits per heavy atom. The Kier molecular flexibility index (Phi) is 7.31. The topological polar surface area (TPSA) is 3.24 Å². The molecule has 0 bridgehead atoms. The van der Waals surface area contributed by atoms with Crippen molar-refractivity contribution >= 4 is 43.5 Å². The summed E-state index contributed by atoms with van der Waals surface area (Å²) in [7, 11) is -3.04.